The van der Waals surface area contributed by atoms with Gasteiger partial charge in [-0.25, -0.2) is 0 Å². The van der Waals surface area contributed by atoms with Crippen molar-refractivity contribution in [3.63, 3.8) is 0 Å². The summed E-state index contributed by atoms with van der Waals surface area (Å²) < 4.78 is 0. The monoisotopic (exact) mass is 194 g/mol. The molecule has 1 nitrogen and oxygen atoms in total. The van der Waals surface area contributed by atoms with Crippen LogP contribution in [0, 0.1) is 12.8 Å². The molecular formula is C11H18OSi. The molecule has 0 aliphatic heterocycles. The summed E-state index contributed by atoms with van der Waals surface area (Å²) in [5.41, 5.74) is 1.24. The summed E-state index contributed by atoms with van der Waals surface area (Å²) >= 11 is 0. The Bertz CT molecular complexity index is 271. The first-order chi connectivity index (χ1) is 6.11. The molecular weight excluding hydrogens is 176 g/mol. The molecule has 0 spiro atoms. The minimum absolute atomic E-state index is 0.598. The molecule has 2 heteroatoms. The Morgan fingerprint density at radius 2 is 1.92 bits per heavy atom. The molecule has 0 radical (unpaired) electrons. The summed E-state index contributed by atoms with van der Waals surface area (Å²) in [6.45, 7) is 6.40. The Morgan fingerprint density at radius 1 is 1.31 bits per heavy atom. The highest BCUT2D eigenvalue weighted by Crippen LogP contribution is 2.05. The molecule has 0 aromatic heterocycles. The summed E-state index contributed by atoms with van der Waals surface area (Å²) in [5.74, 6) is 0.598. The topological polar surface area (TPSA) is 20.2 Å². The molecule has 0 aliphatic rings. The highest BCUT2D eigenvalue weighted by molar-refractivity contribution is 6.66. The van der Waals surface area contributed by atoms with Crippen molar-refractivity contribution in [2.24, 2.45) is 5.92 Å². The summed E-state index contributed by atoms with van der Waals surface area (Å²) in [6.07, 6.45) is 0. The van der Waals surface area contributed by atoms with Crippen LogP contribution >= 0.6 is 0 Å². The first kappa shape index (κ1) is 10.5. The van der Waals surface area contributed by atoms with Crippen molar-refractivity contribution in [1.82, 2.24) is 0 Å². The number of benzene rings is 1. The molecule has 0 heterocycles. The van der Waals surface area contributed by atoms with E-state index in [1.165, 1.54) is 10.8 Å². The molecule has 13 heavy (non-hydrogen) atoms. The Labute approximate surface area is 82.2 Å². The Hall–Kier alpha value is -0.603. The first-order valence-corrected chi connectivity index (χ1v) is 6.76. The highest BCUT2D eigenvalue weighted by atomic mass is 28.3. The second kappa shape index (κ2) is 4.58. The van der Waals surface area contributed by atoms with Crippen LogP contribution in [-0.2, 0) is 0 Å². The second-order valence-corrected chi connectivity index (χ2v) is 6.13. The van der Waals surface area contributed by atoms with Crippen molar-refractivity contribution < 1.29 is 4.80 Å². The van der Waals surface area contributed by atoms with E-state index in [0.29, 0.717) is 5.92 Å². The van der Waals surface area contributed by atoms with E-state index in [4.69, 9.17) is 0 Å². The van der Waals surface area contributed by atoms with E-state index in [9.17, 15) is 4.80 Å². The fourth-order valence-corrected chi connectivity index (χ4v) is 3.64. The number of hydrogen-bond acceptors (Lipinski definition) is 1. The van der Waals surface area contributed by atoms with Gasteiger partial charge < -0.3 is 4.80 Å². The zero-order valence-corrected chi connectivity index (χ0v) is 9.77. The van der Waals surface area contributed by atoms with Gasteiger partial charge in [-0.05, 0) is 29.6 Å². The molecule has 1 atom stereocenters. The van der Waals surface area contributed by atoms with Gasteiger partial charge in [0.15, 0.2) is 0 Å². The average Bonchev–Trinajstić information content (AvgIpc) is 2.03. The van der Waals surface area contributed by atoms with Crippen LogP contribution in [0.1, 0.15) is 19.4 Å². The van der Waals surface area contributed by atoms with Gasteiger partial charge in [-0.3, -0.25) is 0 Å². The van der Waals surface area contributed by atoms with Crippen molar-refractivity contribution in [1.29, 1.82) is 0 Å². The van der Waals surface area contributed by atoms with E-state index in [1.54, 1.807) is 0 Å². The van der Waals surface area contributed by atoms with E-state index < -0.39 is 9.04 Å². The van der Waals surface area contributed by atoms with Crippen LogP contribution in [0.3, 0.4) is 0 Å². The molecule has 1 unspecified atom stereocenters. The number of rotatable bonds is 3. The van der Waals surface area contributed by atoms with Gasteiger partial charge in [0.1, 0.15) is 0 Å². The van der Waals surface area contributed by atoms with E-state index >= 15 is 0 Å². The molecule has 0 saturated heterocycles. The third-order valence-electron chi connectivity index (χ3n) is 2.24. The van der Waals surface area contributed by atoms with Crippen LogP contribution in [-0.4, -0.2) is 13.8 Å². The van der Waals surface area contributed by atoms with Gasteiger partial charge in [0, 0.05) is 0 Å². The van der Waals surface area contributed by atoms with Gasteiger partial charge in [0.05, 0.1) is 0 Å². The molecule has 0 bridgehead atoms. The van der Waals surface area contributed by atoms with Crippen molar-refractivity contribution in [2.75, 3.05) is 0 Å². The molecule has 0 fully saturated rings. The molecule has 0 saturated carbocycles. The van der Waals surface area contributed by atoms with Crippen LogP contribution in [0.25, 0.3) is 0 Å². The van der Waals surface area contributed by atoms with Crippen molar-refractivity contribution in [3.05, 3.63) is 29.8 Å². The summed E-state index contributed by atoms with van der Waals surface area (Å²) in [5, 5.41) is 1.20. The predicted octanol–water partition coefficient (Wildman–Crippen LogP) is 1.57. The standard InChI is InChI=1S/C11H18OSi/c1-9(2)8-13(12)11-7-5-4-6-10(11)3/h4-7,9,12-13H,8H2,1-3H3. The maximum Gasteiger partial charge on any atom is 0.204 e. The lowest BCUT2D eigenvalue weighted by atomic mass is 10.2. The third kappa shape index (κ3) is 2.97. The van der Waals surface area contributed by atoms with Gasteiger partial charge in [-0.2, -0.15) is 0 Å². The van der Waals surface area contributed by atoms with E-state index in [-0.39, 0.29) is 0 Å². The Morgan fingerprint density at radius 3 is 2.46 bits per heavy atom. The predicted molar refractivity (Wildman–Crippen MR) is 59.8 cm³/mol. The molecule has 72 valence electrons. The van der Waals surface area contributed by atoms with Gasteiger partial charge >= 0.3 is 0 Å². The second-order valence-electron chi connectivity index (χ2n) is 4.00. The minimum atomic E-state index is -1.66. The quantitative estimate of drug-likeness (QED) is 0.724. The van der Waals surface area contributed by atoms with Crippen LogP contribution in [0.2, 0.25) is 6.04 Å². The zero-order valence-electron chi connectivity index (χ0n) is 8.62. The summed E-state index contributed by atoms with van der Waals surface area (Å²) in [6, 6.07) is 9.15. The molecule has 0 aliphatic carbocycles. The lowest BCUT2D eigenvalue weighted by Gasteiger charge is -2.13. The maximum atomic E-state index is 10.0. The van der Waals surface area contributed by atoms with E-state index in [2.05, 4.69) is 32.9 Å². The van der Waals surface area contributed by atoms with Crippen molar-refractivity contribution >= 4 is 14.2 Å². The number of hydrogen-bond donors (Lipinski definition) is 1. The maximum absolute atomic E-state index is 10.0. The minimum Gasteiger partial charge on any atom is -0.430 e. The van der Waals surface area contributed by atoms with Crippen LogP contribution in [0.5, 0.6) is 0 Å². The van der Waals surface area contributed by atoms with Crippen molar-refractivity contribution in [2.45, 2.75) is 26.8 Å². The normalized spacial score (nSPS) is 13.3. The average molecular weight is 194 g/mol. The van der Waals surface area contributed by atoms with Gasteiger partial charge in [0.25, 0.3) is 0 Å². The van der Waals surface area contributed by atoms with Crippen molar-refractivity contribution in [3.8, 4) is 0 Å². The lowest BCUT2D eigenvalue weighted by molar-refractivity contribution is 0.561. The van der Waals surface area contributed by atoms with E-state index in [0.717, 1.165) is 6.04 Å². The van der Waals surface area contributed by atoms with E-state index in [1.807, 2.05) is 12.1 Å². The highest BCUT2D eigenvalue weighted by Gasteiger charge is 2.13. The van der Waals surface area contributed by atoms with Crippen LogP contribution in [0.4, 0.5) is 0 Å². The van der Waals surface area contributed by atoms with Gasteiger partial charge in [0.2, 0.25) is 9.04 Å². The molecule has 0 amide bonds. The fraction of sp³-hybridized carbons (Fsp3) is 0.455. The van der Waals surface area contributed by atoms with Gasteiger partial charge in [-0.15, -0.1) is 0 Å². The Kier molecular flexibility index (Phi) is 3.69. The van der Waals surface area contributed by atoms with Crippen LogP contribution < -0.4 is 5.19 Å². The molecule has 1 aromatic rings. The first-order valence-electron chi connectivity index (χ1n) is 4.85. The lowest BCUT2D eigenvalue weighted by Crippen LogP contribution is -2.33. The largest absolute Gasteiger partial charge is 0.430 e. The third-order valence-corrected chi connectivity index (χ3v) is 5.00. The van der Waals surface area contributed by atoms with Gasteiger partial charge in [-0.1, -0.05) is 38.1 Å². The fourth-order valence-electron chi connectivity index (χ4n) is 1.53. The molecule has 1 aromatic carbocycles. The smallest absolute Gasteiger partial charge is 0.204 e. The molecule has 1 N–H and O–H groups in total. The van der Waals surface area contributed by atoms with Crippen LogP contribution in [0.15, 0.2) is 24.3 Å². The zero-order chi connectivity index (χ0) is 9.84. The Balaban J connectivity index is 2.76. The number of aryl methyl sites for hydroxylation is 1. The SMILES string of the molecule is Cc1ccccc1[SiH](O)CC(C)C. The summed E-state index contributed by atoms with van der Waals surface area (Å²) in [7, 11) is -1.66. The summed E-state index contributed by atoms with van der Waals surface area (Å²) in [4.78, 5) is 10.0. The molecule has 1 rings (SSSR count).